The second-order valence-corrected chi connectivity index (χ2v) is 29.2. The molecule has 404 valence electrons. The summed E-state index contributed by atoms with van der Waals surface area (Å²) >= 11 is 11.4. The molecule has 0 saturated heterocycles. The molecule has 3 unspecified atom stereocenters. The number of amides is 2. The molecule has 3 atom stereocenters. The zero-order chi connectivity index (χ0) is 54.0. The van der Waals surface area contributed by atoms with Gasteiger partial charge in [0.2, 0.25) is 0 Å². The first-order valence-electron chi connectivity index (χ1n) is 29.2. The number of thiophene rings is 6. The molecular formula is C68H79NO2S6. The van der Waals surface area contributed by atoms with Gasteiger partial charge >= 0.3 is 0 Å². The van der Waals surface area contributed by atoms with Gasteiger partial charge in [0.25, 0.3) is 11.8 Å². The van der Waals surface area contributed by atoms with Gasteiger partial charge in [-0.25, -0.2) is 0 Å². The fraction of sp³-hybridized carbons (Fsp3) is 0.441. The van der Waals surface area contributed by atoms with Crippen molar-refractivity contribution in [1.82, 2.24) is 4.90 Å². The van der Waals surface area contributed by atoms with E-state index >= 15 is 0 Å². The molecule has 9 aromatic rings. The zero-order valence-corrected chi connectivity index (χ0v) is 52.0. The Morgan fingerprint density at radius 2 is 1.05 bits per heavy atom. The van der Waals surface area contributed by atoms with Crippen LogP contribution in [0.25, 0.3) is 60.9 Å². The van der Waals surface area contributed by atoms with E-state index in [0.717, 1.165) is 55.0 Å². The highest BCUT2D eigenvalue weighted by atomic mass is 32.1. The standard InChI is InChI=1S/C68H79NO2S6/c1-10-16-19-20-27-38-69-65(70)58-57-62(76-63(58)66(69)71)61(77-64(57)68(9,15-6)46-32-25-22-26-33-46)53-41-49-55(51-36-34-47(72-51)39-43(13-4)28-17-11-2)60-50(42-54(75-60)67(7,8)45-30-23-21-24-31-45)56(59(49)74-53)52-37-35-48(73-52)40-44(14-5)29-18-12-3/h21-26,30-37,41-44H,10-20,27-29,38-40H2,1-9H3. The summed E-state index contributed by atoms with van der Waals surface area (Å²) in [5.74, 6) is 1.14. The van der Waals surface area contributed by atoms with E-state index in [-0.39, 0.29) is 22.6 Å². The van der Waals surface area contributed by atoms with Crippen LogP contribution in [0.1, 0.15) is 203 Å². The van der Waals surface area contributed by atoms with Crippen LogP contribution in [0.4, 0.5) is 0 Å². The molecule has 0 N–H and O–H groups in total. The van der Waals surface area contributed by atoms with Crippen LogP contribution in [0.2, 0.25) is 0 Å². The summed E-state index contributed by atoms with van der Waals surface area (Å²) < 4.78 is 3.79. The first-order valence-corrected chi connectivity index (χ1v) is 34.1. The molecule has 1 aliphatic rings. The number of hydrogen-bond acceptors (Lipinski definition) is 8. The highest BCUT2D eigenvalue weighted by Gasteiger charge is 2.44. The first-order chi connectivity index (χ1) is 37.4. The summed E-state index contributed by atoms with van der Waals surface area (Å²) in [6.07, 6.45) is 18.4. The van der Waals surface area contributed by atoms with Crippen LogP contribution < -0.4 is 0 Å². The van der Waals surface area contributed by atoms with Crippen LogP contribution in [0, 0.1) is 11.8 Å². The molecule has 1 aliphatic heterocycles. The van der Waals surface area contributed by atoms with Crippen molar-refractivity contribution in [3.05, 3.63) is 138 Å². The molecule has 2 amide bonds. The molecule has 6 aromatic heterocycles. The van der Waals surface area contributed by atoms with E-state index in [9.17, 15) is 9.59 Å². The molecule has 0 fully saturated rings. The summed E-state index contributed by atoms with van der Waals surface area (Å²) in [5, 5.41) is 3.66. The number of carbonyl (C=O) groups excluding carboxylic acids is 2. The number of benzene rings is 3. The van der Waals surface area contributed by atoms with Crippen molar-refractivity contribution in [2.45, 2.75) is 176 Å². The first kappa shape index (κ1) is 56.1. The Balaban J connectivity index is 1.23. The number of hydrogen-bond donors (Lipinski definition) is 0. The van der Waals surface area contributed by atoms with E-state index in [1.165, 1.54) is 139 Å². The van der Waals surface area contributed by atoms with Crippen molar-refractivity contribution in [2.24, 2.45) is 11.8 Å². The molecule has 77 heavy (non-hydrogen) atoms. The Kier molecular flexibility index (Phi) is 17.7. The lowest BCUT2D eigenvalue weighted by Gasteiger charge is -2.28. The molecule has 0 bridgehead atoms. The van der Waals surface area contributed by atoms with Crippen LogP contribution in [0.3, 0.4) is 0 Å². The van der Waals surface area contributed by atoms with Crippen molar-refractivity contribution < 1.29 is 9.59 Å². The maximum absolute atomic E-state index is 14.9. The maximum atomic E-state index is 14.9. The van der Waals surface area contributed by atoms with Crippen LogP contribution in [-0.4, -0.2) is 23.3 Å². The normalized spacial score (nSPS) is 14.7. The number of rotatable bonds is 26. The largest absolute Gasteiger partial charge is 0.274 e. The molecule has 10 rings (SSSR count). The Hall–Kier alpha value is -4.22. The van der Waals surface area contributed by atoms with E-state index in [1.54, 1.807) is 16.2 Å². The van der Waals surface area contributed by atoms with Crippen LogP contribution in [-0.2, 0) is 23.7 Å². The molecule has 9 heteroatoms. The van der Waals surface area contributed by atoms with Crippen LogP contribution >= 0.6 is 68.0 Å². The molecule has 0 aliphatic carbocycles. The van der Waals surface area contributed by atoms with Crippen molar-refractivity contribution in [1.29, 1.82) is 0 Å². The van der Waals surface area contributed by atoms with Gasteiger partial charge in [-0.2, -0.15) is 0 Å². The second kappa shape index (κ2) is 24.2. The number of carbonyl (C=O) groups is 2. The van der Waals surface area contributed by atoms with Crippen molar-refractivity contribution >= 4 is 110 Å². The third-order valence-corrected chi connectivity index (χ3v) is 25.1. The van der Waals surface area contributed by atoms with Gasteiger partial charge in [0.05, 0.1) is 15.1 Å². The molecule has 3 nitrogen and oxygen atoms in total. The van der Waals surface area contributed by atoms with Crippen molar-refractivity contribution in [3.8, 4) is 30.6 Å². The number of imide groups is 1. The highest BCUT2D eigenvalue weighted by Crippen LogP contribution is 2.59. The van der Waals surface area contributed by atoms with Gasteiger partial charge in [-0.3, -0.25) is 14.5 Å². The van der Waals surface area contributed by atoms with Crippen LogP contribution in [0.5, 0.6) is 0 Å². The van der Waals surface area contributed by atoms with Crippen molar-refractivity contribution in [3.63, 3.8) is 0 Å². The van der Waals surface area contributed by atoms with Crippen molar-refractivity contribution in [2.75, 3.05) is 6.54 Å². The Bertz CT molecular complexity index is 3370. The van der Waals surface area contributed by atoms with Gasteiger partial charge in [-0.05, 0) is 85.0 Å². The molecule has 0 radical (unpaired) electrons. The van der Waals surface area contributed by atoms with E-state index in [0.29, 0.717) is 28.8 Å². The highest BCUT2D eigenvalue weighted by molar-refractivity contribution is 7.32. The minimum atomic E-state index is -0.382. The van der Waals surface area contributed by atoms with E-state index in [1.807, 2.05) is 56.7 Å². The minimum Gasteiger partial charge on any atom is -0.274 e. The Morgan fingerprint density at radius 1 is 0.494 bits per heavy atom. The zero-order valence-electron chi connectivity index (χ0n) is 47.1. The Labute approximate surface area is 483 Å². The quantitative estimate of drug-likeness (QED) is 0.0400. The minimum absolute atomic E-state index is 0.110. The lowest BCUT2D eigenvalue weighted by molar-refractivity contribution is 0.0653. The lowest BCUT2D eigenvalue weighted by Crippen LogP contribution is -2.31. The predicted octanol–water partition coefficient (Wildman–Crippen LogP) is 22.6. The Morgan fingerprint density at radius 3 is 1.62 bits per heavy atom. The van der Waals surface area contributed by atoms with Gasteiger partial charge in [-0.1, -0.05) is 200 Å². The summed E-state index contributed by atoms with van der Waals surface area (Å²) in [6, 6.07) is 36.8. The van der Waals surface area contributed by atoms with Gasteiger partial charge < -0.3 is 0 Å². The molecule has 3 aromatic carbocycles. The van der Waals surface area contributed by atoms with E-state index < -0.39 is 0 Å². The summed E-state index contributed by atoms with van der Waals surface area (Å²) in [5.41, 5.74) is 5.32. The molecule has 0 spiro atoms. The monoisotopic (exact) mass is 1130 g/mol. The van der Waals surface area contributed by atoms with Gasteiger partial charge in [0.15, 0.2) is 0 Å². The van der Waals surface area contributed by atoms with E-state index in [4.69, 9.17) is 0 Å². The number of unbranched alkanes of at least 4 members (excludes halogenated alkanes) is 6. The van der Waals surface area contributed by atoms with Gasteiger partial charge in [0, 0.05) is 88.2 Å². The van der Waals surface area contributed by atoms with Crippen LogP contribution in [0.15, 0.2) is 97.1 Å². The average molecular weight is 1130 g/mol. The van der Waals surface area contributed by atoms with Gasteiger partial charge in [-0.15, -0.1) is 68.0 Å². The second-order valence-electron chi connectivity index (χ2n) is 22.7. The van der Waals surface area contributed by atoms with E-state index in [2.05, 4.69) is 159 Å². The fourth-order valence-corrected chi connectivity index (χ4v) is 20.3. The van der Waals surface area contributed by atoms with Gasteiger partial charge in [0.1, 0.15) is 4.88 Å². The predicted molar refractivity (Wildman–Crippen MR) is 342 cm³/mol. The summed E-state index contributed by atoms with van der Waals surface area (Å²) in [4.78, 5) is 42.3. The SMILES string of the molecule is CCCCCCCN1C(=O)c2sc3c(-c4cc5c(-c6ccc(CC(CC)CCCC)s6)c6sc(C(C)(C)c7ccccc7)cc6c(-c6ccc(CC(CC)CCCC)s6)c5s4)sc(C(C)(CC)c4ccccc4)c3c2C1=O. The lowest BCUT2D eigenvalue weighted by atomic mass is 9.77. The molecular weight excluding hydrogens is 1060 g/mol. The fourth-order valence-electron chi connectivity index (χ4n) is 12.0. The summed E-state index contributed by atoms with van der Waals surface area (Å²) in [6.45, 7) is 21.5. The third kappa shape index (κ3) is 10.8. The molecule has 0 saturated carbocycles. The third-order valence-electron chi connectivity index (χ3n) is 17.2. The number of nitrogens with zero attached hydrogens (tertiary/aromatic N) is 1. The maximum Gasteiger partial charge on any atom is 0.271 e. The smallest absolute Gasteiger partial charge is 0.271 e. The number of fused-ring (bicyclic) bond motifs is 5. The molecule has 7 heterocycles. The topological polar surface area (TPSA) is 37.4 Å². The average Bonchev–Trinajstić information content (AvgIpc) is 4.36. The summed E-state index contributed by atoms with van der Waals surface area (Å²) in [7, 11) is 0.